The Labute approximate surface area is 222 Å². The van der Waals surface area contributed by atoms with E-state index >= 15 is 0 Å². The molecule has 0 aliphatic carbocycles. The van der Waals surface area contributed by atoms with Gasteiger partial charge >= 0.3 is 12.0 Å². The predicted molar refractivity (Wildman–Crippen MR) is 149 cm³/mol. The topological polar surface area (TPSA) is 59.1 Å². The van der Waals surface area contributed by atoms with E-state index in [0.717, 1.165) is 36.9 Å². The maximum Gasteiger partial charge on any atom is 0.349 e. The molecule has 1 saturated heterocycles. The minimum Gasteiger partial charge on any atom is -0.476 e. The predicted octanol–water partition coefficient (Wildman–Crippen LogP) is 6.22. The number of urea groups is 1. The zero-order valence-electron chi connectivity index (χ0n) is 23.5. The number of aryl methyl sites for hydroxylation is 1. The van der Waals surface area contributed by atoms with Gasteiger partial charge in [0.2, 0.25) is 0 Å². The summed E-state index contributed by atoms with van der Waals surface area (Å²) in [5.74, 6) is 0.166. The van der Waals surface area contributed by atoms with Crippen molar-refractivity contribution in [3.63, 3.8) is 0 Å². The quantitative estimate of drug-likeness (QED) is 0.359. The van der Waals surface area contributed by atoms with Crippen molar-refractivity contribution in [3.8, 4) is 5.75 Å². The minimum absolute atomic E-state index is 0.0913. The highest BCUT2D eigenvalue weighted by atomic mass is 16.6. The number of esters is 1. The second kappa shape index (κ2) is 11.4. The smallest absolute Gasteiger partial charge is 0.349 e. The lowest BCUT2D eigenvalue weighted by Gasteiger charge is -2.24. The summed E-state index contributed by atoms with van der Waals surface area (Å²) in [5.41, 5.74) is 3.49. The molecule has 6 nitrogen and oxygen atoms in total. The number of hydrogen-bond donors (Lipinski definition) is 0. The van der Waals surface area contributed by atoms with Crippen molar-refractivity contribution in [3.05, 3.63) is 71.3 Å². The molecule has 1 heterocycles. The van der Waals surface area contributed by atoms with Gasteiger partial charge in [0.25, 0.3) is 0 Å². The fourth-order valence-electron chi connectivity index (χ4n) is 4.69. The lowest BCUT2D eigenvalue weighted by atomic mass is 9.87. The average molecular weight is 507 g/mol. The summed E-state index contributed by atoms with van der Waals surface area (Å²) in [6.45, 7) is 15.3. The van der Waals surface area contributed by atoms with Crippen LogP contribution in [0.4, 0.5) is 4.79 Å². The molecule has 2 aromatic rings. The maximum atomic E-state index is 12.9. The fraction of sp³-hybridized carbons (Fsp3) is 0.484. The van der Waals surface area contributed by atoms with E-state index in [2.05, 4.69) is 51.6 Å². The molecule has 6 heteroatoms. The van der Waals surface area contributed by atoms with Gasteiger partial charge in [-0.1, -0.05) is 63.8 Å². The molecular formula is C31H42N2O4. The van der Waals surface area contributed by atoms with E-state index in [0.29, 0.717) is 12.3 Å². The van der Waals surface area contributed by atoms with Gasteiger partial charge in [0.15, 0.2) is 5.60 Å². The Morgan fingerprint density at radius 3 is 2.32 bits per heavy atom. The largest absolute Gasteiger partial charge is 0.476 e. The molecule has 3 rings (SSSR count). The molecule has 0 N–H and O–H groups in total. The standard InChI is InChI=1S/C31H42N2O4/c1-9-24-19-22(15-18-27(24)37-31(5,6)28(34)36-8)11-10-12-26-21-33(29(35)32(26)7)20-23-13-16-25(17-14-23)30(2,3)4/h9,13-19,26H,1,10-12,20-21H2,2-8H3. The second-order valence-electron chi connectivity index (χ2n) is 11.4. The highest BCUT2D eigenvalue weighted by molar-refractivity contribution is 5.79. The average Bonchev–Trinajstić information content (AvgIpc) is 3.11. The summed E-state index contributed by atoms with van der Waals surface area (Å²) < 4.78 is 10.8. The van der Waals surface area contributed by atoms with E-state index in [4.69, 9.17) is 9.47 Å². The van der Waals surface area contributed by atoms with Gasteiger partial charge in [0, 0.05) is 25.7 Å². The maximum absolute atomic E-state index is 12.9. The monoisotopic (exact) mass is 506 g/mol. The van der Waals surface area contributed by atoms with E-state index in [1.807, 2.05) is 35.0 Å². The van der Waals surface area contributed by atoms with Gasteiger partial charge in [-0.15, -0.1) is 0 Å². The van der Waals surface area contributed by atoms with Crippen LogP contribution in [-0.4, -0.2) is 54.1 Å². The number of carbonyl (C=O) groups excluding carboxylic acids is 2. The molecule has 1 aliphatic heterocycles. The Hall–Kier alpha value is -3.28. The van der Waals surface area contributed by atoms with Crippen LogP contribution in [0.25, 0.3) is 6.08 Å². The lowest BCUT2D eigenvalue weighted by molar-refractivity contribution is -0.156. The zero-order valence-corrected chi connectivity index (χ0v) is 23.5. The Morgan fingerprint density at radius 1 is 1.08 bits per heavy atom. The zero-order chi connectivity index (χ0) is 27.4. The van der Waals surface area contributed by atoms with Gasteiger partial charge in [-0.25, -0.2) is 9.59 Å². The molecule has 1 unspecified atom stereocenters. The first-order valence-corrected chi connectivity index (χ1v) is 13.0. The summed E-state index contributed by atoms with van der Waals surface area (Å²) in [6, 6.07) is 14.9. The third-order valence-electron chi connectivity index (χ3n) is 7.08. The first kappa shape index (κ1) is 28.3. The number of methoxy groups -OCH3 is 1. The summed E-state index contributed by atoms with van der Waals surface area (Å²) in [5, 5.41) is 0. The van der Waals surface area contributed by atoms with Crippen LogP contribution in [0.5, 0.6) is 5.75 Å². The number of amides is 2. The third kappa shape index (κ3) is 6.94. The molecule has 0 saturated carbocycles. The molecular weight excluding hydrogens is 464 g/mol. The number of ether oxygens (including phenoxy) is 2. The molecule has 37 heavy (non-hydrogen) atoms. The normalized spacial score (nSPS) is 16.2. The highest BCUT2D eigenvalue weighted by Gasteiger charge is 2.34. The molecule has 0 aromatic heterocycles. The van der Waals surface area contributed by atoms with E-state index in [1.54, 1.807) is 19.9 Å². The Kier molecular flexibility index (Phi) is 8.72. The molecule has 1 fully saturated rings. The van der Waals surface area contributed by atoms with Gasteiger partial charge in [0.05, 0.1) is 13.2 Å². The van der Waals surface area contributed by atoms with E-state index < -0.39 is 11.6 Å². The van der Waals surface area contributed by atoms with Crippen LogP contribution in [0.3, 0.4) is 0 Å². The van der Waals surface area contributed by atoms with Gasteiger partial charge in [-0.05, 0) is 67.3 Å². The van der Waals surface area contributed by atoms with Crippen molar-refractivity contribution in [2.75, 3.05) is 20.7 Å². The summed E-state index contributed by atoms with van der Waals surface area (Å²) >= 11 is 0. The molecule has 200 valence electrons. The van der Waals surface area contributed by atoms with Crippen molar-refractivity contribution in [2.24, 2.45) is 0 Å². The Morgan fingerprint density at radius 2 is 1.73 bits per heavy atom. The van der Waals surface area contributed by atoms with Crippen LogP contribution < -0.4 is 4.74 Å². The molecule has 0 spiro atoms. The Bertz CT molecular complexity index is 1120. The van der Waals surface area contributed by atoms with Gasteiger partial charge in [-0.3, -0.25) is 0 Å². The number of rotatable bonds is 10. The minimum atomic E-state index is -1.09. The SMILES string of the molecule is C=Cc1cc(CCCC2CN(Cc3ccc(C(C)(C)C)cc3)C(=O)N2C)ccc1OC(C)(C)C(=O)OC. The fourth-order valence-corrected chi connectivity index (χ4v) is 4.69. The van der Waals surface area contributed by atoms with Crippen molar-refractivity contribution in [2.45, 2.75) is 77.5 Å². The second-order valence-corrected chi connectivity index (χ2v) is 11.4. The van der Waals surface area contributed by atoms with Crippen molar-refractivity contribution in [1.29, 1.82) is 0 Å². The van der Waals surface area contributed by atoms with Crippen LogP contribution in [0.15, 0.2) is 49.0 Å². The van der Waals surface area contributed by atoms with Crippen molar-refractivity contribution < 1.29 is 19.1 Å². The highest BCUT2D eigenvalue weighted by Crippen LogP contribution is 2.28. The first-order valence-electron chi connectivity index (χ1n) is 13.0. The lowest BCUT2D eigenvalue weighted by Crippen LogP contribution is -2.39. The van der Waals surface area contributed by atoms with Crippen LogP contribution in [0.1, 0.15) is 69.7 Å². The number of nitrogens with zero attached hydrogens (tertiary/aromatic N) is 2. The number of likely N-dealkylation sites (N-methyl/N-ethyl adjacent to an activating group) is 1. The molecule has 0 radical (unpaired) electrons. The van der Waals surface area contributed by atoms with Crippen molar-refractivity contribution in [1.82, 2.24) is 9.80 Å². The molecule has 1 atom stereocenters. The van der Waals surface area contributed by atoms with E-state index in [9.17, 15) is 9.59 Å². The summed E-state index contributed by atoms with van der Waals surface area (Å²) in [6.07, 6.45) is 4.51. The molecule has 0 bridgehead atoms. The van der Waals surface area contributed by atoms with Gasteiger partial charge < -0.3 is 19.3 Å². The molecule has 2 amide bonds. The number of carbonyl (C=O) groups is 2. The summed E-state index contributed by atoms with van der Waals surface area (Å²) in [7, 11) is 3.25. The third-order valence-corrected chi connectivity index (χ3v) is 7.08. The van der Waals surface area contributed by atoms with Crippen LogP contribution >= 0.6 is 0 Å². The van der Waals surface area contributed by atoms with E-state index in [-0.39, 0.29) is 17.5 Å². The molecule has 1 aliphatic rings. The Balaban J connectivity index is 1.56. The van der Waals surface area contributed by atoms with Gasteiger partial charge in [0.1, 0.15) is 5.75 Å². The van der Waals surface area contributed by atoms with E-state index in [1.165, 1.54) is 18.2 Å². The van der Waals surface area contributed by atoms with Crippen molar-refractivity contribution >= 4 is 18.1 Å². The van der Waals surface area contributed by atoms with Crippen LogP contribution in [-0.2, 0) is 27.9 Å². The number of hydrogen-bond acceptors (Lipinski definition) is 4. The number of benzene rings is 2. The summed E-state index contributed by atoms with van der Waals surface area (Å²) in [4.78, 5) is 28.7. The molecule has 2 aromatic carbocycles. The first-order chi connectivity index (χ1) is 17.4. The van der Waals surface area contributed by atoms with Crippen LogP contribution in [0, 0.1) is 0 Å². The van der Waals surface area contributed by atoms with Crippen LogP contribution in [0.2, 0.25) is 0 Å². The van der Waals surface area contributed by atoms with Gasteiger partial charge in [-0.2, -0.15) is 0 Å².